The van der Waals surface area contributed by atoms with Crippen LogP contribution in [0.1, 0.15) is 42.2 Å². The van der Waals surface area contributed by atoms with Gasteiger partial charge in [-0.1, -0.05) is 0 Å². The summed E-state index contributed by atoms with van der Waals surface area (Å²) in [6.07, 6.45) is 4.39. The summed E-state index contributed by atoms with van der Waals surface area (Å²) in [4.78, 5) is 18.0. The predicted molar refractivity (Wildman–Crippen MR) is 75.3 cm³/mol. The molecule has 5 heteroatoms. The van der Waals surface area contributed by atoms with E-state index >= 15 is 0 Å². The van der Waals surface area contributed by atoms with E-state index in [4.69, 9.17) is 0 Å². The number of aliphatic hydroxyl groups excluding tert-OH is 1. The Morgan fingerprint density at radius 2 is 2.40 bits per heavy atom. The Balaban J connectivity index is 1.97. The zero-order chi connectivity index (χ0) is 14.5. The lowest BCUT2D eigenvalue weighted by Crippen LogP contribution is -2.31. The van der Waals surface area contributed by atoms with Crippen molar-refractivity contribution in [3.8, 4) is 0 Å². The second-order valence-corrected chi connectivity index (χ2v) is 5.38. The number of carbonyl (C=O) groups excluding carboxylic acids is 1. The smallest absolute Gasteiger partial charge is 0.339 e. The van der Waals surface area contributed by atoms with Crippen molar-refractivity contribution in [3.05, 3.63) is 29.6 Å². The molecular formula is C15H22N2O3. The van der Waals surface area contributed by atoms with E-state index in [0.717, 1.165) is 38.0 Å². The van der Waals surface area contributed by atoms with Crippen molar-refractivity contribution < 1.29 is 14.6 Å². The fourth-order valence-electron chi connectivity index (χ4n) is 2.73. The number of methoxy groups -OCH3 is 1. The number of hydrogen-bond donors (Lipinski definition) is 1. The predicted octanol–water partition coefficient (Wildman–Crippen LogP) is 1.60. The summed E-state index contributed by atoms with van der Waals surface area (Å²) in [5, 5.41) is 9.53. The summed E-state index contributed by atoms with van der Waals surface area (Å²) in [5.74, 6) is -0.364. The van der Waals surface area contributed by atoms with E-state index in [0.29, 0.717) is 11.6 Å². The molecule has 0 spiro atoms. The van der Waals surface area contributed by atoms with Crippen molar-refractivity contribution in [2.45, 2.75) is 44.9 Å². The van der Waals surface area contributed by atoms with Gasteiger partial charge in [0.05, 0.1) is 24.5 Å². The van der Waals surface area contributed by atoms with E-state index in [2.05, 4.69) is 14.6 Å². The summed E-state index contributed by atoms with van der Waals surface area (Å²) in [6, 6.07) is 4.04. The maximum Gasteiger partial charge on any atom is 0.339 e. The Morgan fingerprint density at radius 1 is 1.60 bits per heavy atom. The number of ether oxygens (including phenoxy) is 1. The van der Waals surface area contributed by atoms with Crippen molar-refractivity contribution in [2.75, 3.05) is 13.7 Å². The van der Waals surface area contributed by atoms with Crippen LogP contribution in [0.2, 0.25) is 0 Å². The number of aliphatic hydroxyl groups is 1. The first-order chi connectivity index (χ1) is 9.60. The molecule has 0 radical (unpaired) electrons. The summed E-state index contributed by atoms with van der Waals surface area (Å²) in [5.41, 5.74) is 1.41. The van der Waals surface area contributed by atoms with E-state index < -0.39 is 0 Å². The molecule has 2 atom stereocenters. The molecule has 1 fully saturated rings. The van der Waals surface area contributed by atoms with Crippen LogP contribution in [0.25, 0.3) is 0 Å². The summed E-state index contributed by atoms with van der Waals surface area (Å²) < 4.78 is 4.65. The fraction of sp³-hybridized carbons (Fsp3) is 0.600. The summed E-state index contributed by atoms with van der Waals surface area (Å²) >= 11 is 0. The lowest BCUT2D eigenvalue weighted by atomic mass is 10.1. The Morgan fingerprint density at radius 3 is 3.00 bits per heavy atom. The first-order valence-electron chi connectivity index (χ1n) is 7.05. The van der Waals surface area contributed by atoms with Gasteiger partial charge in [0.15, 0.2) is 0 Å². The number of likely N-dealkylation sites (tertiary alicyclic amines) is 1. The van der Waals surface area contributed by atoms with Crippen LogP contribution in [0.3, 0.4) is 0 Å². The highest BCUT2D eigenvalue weighted by Gasteiger charge is 2.25. The molecule has 1 aliphatic heterocycles. The zero-order valence-electron chi connectivity index (χ0n) is 12.1. The molecule has 0 saturated carbocycles. The molecule has 2 rings (SSSR count). The van der Waals surface area contributed by atoms with Gasteiger partial charge in [-0.2, -0.15) is 0 Å². The SMILES string of the molecule is COC(=O)c1ccc(CN2CCCC2CC(C)O)nc1. The van der Waals surface area contributed by atoms with Gasteiger partial charge in [0.25, 0.3) is 0 Å². The monoisotopic (exact) mass is 278 g/mol. The van der Waals surface area contributed by atoms with Crippen LogP contribution in [0.5, 0.6) is 0 Å². The third kappa shape index (κ3) is 3.77. The maximum atomic E-state index is 11.3. The van der Waals surface area contributed by atoms with Gasteiger partial charge < -0.3 is 9.84 Å². The van der Waals surface area contributed by atoms with Crippen LogP contribution in [0.4, 0.5) is 0 Å². The number of pyridine rings is 1. The highest BCUT2D eigenvalue weighted by Crippen LogP contribution is 2.23. The van der Waals surface area contributed by atoms with Gasteiger partial charge >= 0.3 is 5.97 Å². The Labute approximate surface area is 119 Å². The molecule has 2 heterocycles. The largest absolute Gasteiger partial charge is 0.465 e. The maximum absolute atomic E-state index is 11.3. The fourth-order valence-corrected chi connectivity index (χ4v) is 2.73. The molecular weight excluding hydrogens is 256 g/mol. The van der Waals surface area contributed by atoms with Gasteiger partial charge in [0, 0.05) is 18.8 Å². The third-order valence-corrected chi connectivity index (χ3v) is 3.72. The van der Waals surface area contributed by atoms with Crippen molar-refractivity contribution in [3.63, 3.8) is 0 Å². The topological polar surface area (TPSA) is 62.7 Å². The minimum Gasteiger partial charge on any atom is -0.465 e. The molecule has 1 aliphatic rings. The molecule has 1 aromatic heterocycles. The third-order valence-electron chi connectivity index (χ3n) is 3.72. The van der Waals surface area contributed by atoms with Crippen LogP contribution in [-0.2, 0) is 11.3 Å². The normalized spacial score (nSPS) is 20.9. The van der Waals surface area contributed by atoms with Gasteiger partial charge in [0.2, 0.25) is 0 Å². The minimum absolute atomic E-state index is 0.268. The number of carbonyl (C=O) groups is 1. The minimum atomic E-state index is -0.364. The molecule has 0 bridgehead atoms. The average Bonchev–Trinajstić information content (AvgIpc) is 2.85. The lowest BCUT2D eigenvalue weighted by molar-refractivity contribution is 0.0600. The van der Waals surface area contributed by atoms with Crippen LogP contribution in [0, 0.1) is 0 Å². The zero-order valence-corrected chi connectivity index (χ0v) is 12.1. The van der Waals surface area contributed by atoms with Crippen molar-refractivity contribution >= 4 is 5.97 Å². The Hall–Kier alpha value is -1.46. The molecule has 0 aromatic carbocycles. The van der Waals surface area contributed by atoms with E-state index in [9.17, 15) is 9.90 Å². The van der Waals surface area contributed by atoms with E-state index in [-0.39, 0.29) is 12.1 Å². The standard InChI is InChI=1S/C15H22N2O3/c1-11(18)8-14-4-3-7-17(14)10-13-6-5-12(9-16-13)15(19)20-2/h5-6,9,11,14,18H,3-4,7-8,10H2,1-2H3. The second kappa shape index (κ2) is 6.81. The van der Waals surface area contributed by atoms with Crippen molar-refractivity contribution in [1.29, 1.82) is 0 Å². The molecule has 1 aromatic rings. The average molecular weight is 278 g/mol. The molecule has 0 amide bonds. The van der Waals surface area contributed by atoms with Crippen molar-refractivity contribution in [2.24, 2.45) is 0 Å². The highest BCUT2D eigenvalue weighted by atomic mass is 16.5. The van der Waals surface area contributed by atoms with Gasteiger partial charge in [0.1, 0.15) is 0 Å². The van der Waals surface area contributed by atoms with Crippen LogP contribution >= 0.6 is 0 Å². The van der Waals surface area contributed by atoms with Gasteiger partial charge in [-0.25, -0.2) is 4.79 Å². The van der Waals surface area contributed by atoms with Crippen LogP contribution < -0.4 is 0 Å². The van der Waals surface area contributed by atoms with E-state index in [1.54, 1.807) is 12.3 Å². The molecule has 1 N–H and O–H groups in total. The van der Waals surface area contributed by atoms with E-state index in [1.807, 2.05) is 13.0 Å². The highest BCUT2D eigenvalue weighted by molar-refractivity contribution is 5.88. The molecule has 1 saturated heterocycles. The van der Waals surface area contributed by atoms with Crippen molar-refractivity contribution in [1.82, 2.24) is 9.88 Å². The molecule has 20 heavy (non-hydrogen) atoms. The van der Waals surface area contributed by atoms with Crippen LogP contribution in [0.15, 0.2) is 18.3 Å². The number of esters is 1. The first-order valence-corrected chi connectivity index (χ1v) is 7.05. The number of hydrogen-bond acceptors (Lipinski definition) is 5. The molecule has 2 unspecified atom stereocenters. The van der Waals surface area contributed by atoms with E-state index in [1.165, 1.54) is 7.11 Å². The lowest BCUT2D eigenvalue weighted by Gasteiger charge is -2.25. The quantitative estimate of drug-likeness (QED) is 0.829. The Kier molecular flexibility index (Phi) is 5.09. The number of aromatic nitrogens is 1. The Bertz CT molecular complexity index is 445. The second-order valence-electron chi connectivity index (χ2n) is 5.38. The molecule has 5 nitrogen and oxygen atoms in total. The number of rotatable bonds is 5. The molecule has 110 valence electrons. The van der Waals surface area contributed by atoms with Gasteiger partial charge in [-0.15, -0.1) is 0 Å². The van der Waals surface area contributed by atoms with Crippen LogP contribution in [-0.4, -0.2) is 46.8 Å². The number of nitrogens with zero attached hydrogens (tertiary/aromatic N) is 2. The summed E-state index contributed by atoms with van der Waals surface area (Å²) in [7, 11) is 1.36. The first kappa shape index (κ1) is 14.9. The molecule has 0 aliphatic carbocycles. The summed E-state index contributed by atoms with van der Waals surface area (Å²) in [6.45, 7) is 3.64. The van der Waals surface area contributed by atoms with Gasteiger partial charge in [-0.3, -0.25) is 9.88 Å². The van der Waals surface area contributed by atoms with Gasteiger partial charge in [-0.05, 0) is 44.9 Å².